The number of nitrogens with one attached hydrogen (secondary N) is 1. The van der Waals surface area contributed by atoms with Gasteiger partial charge in [0.15, 0.2) is 0 Å². The molecule has 0 amide bonds. The smallest absolute Gasteiger partial charge is 0.290 e. The molecule has 0 unspecified atom stereocenters. The Morgan fingerprint density at radius 2 is 2.12 bits per heavy atom. The molecule has 0 heterocycles. The van der Waals surface area contributed by atoms with Crippen LogP contribution in [0.4, 0.5) is 0 Å². The van der Waals surface area contributed by atoms with E-state index in [1.54, 1.807) is 0 Å². The van der Waals surface area contributed by atoms with Crippen LogP contribution in [0.1, 0.15) is 0 Å². The van der Waals surface area contributed by atoms with Crippen molar-refractivity contribution < 1.29 is 9.90 Å². The predicted octanol–water partition coefficient (Wildman–Crippen LogP) is -0.679. The van der Waals surface area contributed by atoms with Crippen molar-refractivity contribution in [2.75, 3.05) is 0 Å². The molecule has 0 bridgehead atoms. The zero-order chi connectivity index (χ0) is 6.83. The predicted molar refractivity (Wildman–Crippen MR) is 35.4 cm³/mol. The molecular formula is CH7N3O2S2. The molecule has 0 aliphatic heterocycles. The van der Waals surface area contributed by atoms with E-state index < -0.39 is 0 Å². The van der Waals surface area contributed by atoms with E-state index >= 15 is 0 Å². The summed E-state index contributed by atoms with van der Waals surface area (Å²) in [6.45, 7) is -0.250. The molecule has 8 heavy (non-hydrogen) atoms. The Labute approximate surface area is 54.8 Å². The van der Waals surface area contributed by atoms with E-state index in [-0.39, 0.29) is 6.47 Å². The first kappa shape index (κ1) is 10.9. The lowest BCUT2D eigenvalue weighted by Gasteiger charge is -1.83. The van der Waals surface area contributed by atoms with Gasteiger partial charge in [0.25, 0.3) is 6.47 Å². The lowest BCUT2D eigenvalue weighted by Crippen LogP contribution is -2.09. The molecule has 0 radical (unpaired) electrons. The second kappa shape index (κ2) is 15.7. The van der Waals surface area contributed by atoms with Gasteiger partial charge in [-0.25, -0.2) is 0 Å². The van der Waals surface area contributed by atoms with E-state index in [9.17, 15) is 0 Å². The van der Waals surface area contributed by atoms with E-state index in [1.165, 1.54) is 11.0 Å². The van der Waals surface area contributed by atoms with Gasteiger partial charge >= 0.3 is 0 Å². The van der Waals surface area contributed by atoms with E-state index in [2.05, 4.69) is 4.83 Å². The van der Waals surface area contributed by atoms with E-state index in [1.807, 2.05) is 0 Å². The topological polar surface area (TPSA) is 101 Å². The molecule has 0 atom stereocenters. The Balaban J connectivity index is 0. The molecule has 0 saturated carbocycles. The maximum atomic E-state index is 8.36. The van der Waals surface area contributed by atoms with Crippen LogP contribution in [0.15, 0.2) is 0 Å². The highest BCUT2D eigenvalue weighted by atomic mass is 33.1. The zero-order valence-corrected chi connectivity index (χ0v) is 5.54. The van der Waals surface area contributed by atoms with Crippen molar-refractivity contribution >= 4 is 28.4 Å². The minimum Gasteiger partial charge on any atom is -0.483 e. The van der Waals surface area contributed by atoms with Crippen molar-refractivity contribution in [1.29, 1.82) is 0 Å². The van der Waals surface area contributed by atoms with Crippen molar-refractivity contribution in [1.82, 2.24) is 4.83 Å². The Kier molecular flexibility index (Phi) is 21.5. The van der Waals surface area contributed by atoms with Crippen LogP contribution in [-0.2, 0) is 4.79 Å². The quantitative estimate of drug-likeness (QED) is 0.138. The molecule has 0 rings (SSSR count). The summed E-state index contributed by atoms with van der Waals surface area (Å²) in [5.41, 5.74) is 0. The highest BCUT2D eigenvalue weighted by Gasteiger charge is 1.66. The standard InChI is InChI=1S/CH2O2.H5N3S2/c2-1-3;1-3-5-4-2/h1H,(H,2,3);3H,1-2H2. The minimum absolute atomic E-state index is 0.250. The summed E-state index contributed by atoms with van der Waals surface area (Å²) >= 11 is 0. The Hall–Kier alpha value is 0.0500. The number of hydrogen-bond acceptors (Lipinski definition) is 6. The summed E-state index contributed by atoms with van der Waals surface area (Å²) in [6.07, 6.45) is 0. The molecular weight excluding hydrogens is 150 g/mol. The summed E-state index contributed by atoms with van der Waals surface area (Å²) in [4.78, 5) is 10.6. The normalized spacial score (nSPS) is 6.75. The van der Waals surface area contributed by atoms with E-state index in [0.29, 0.717) is 0 Å². The van der Waals surface area contributed by atoms with Crippen LogP contribution in [0.2, 0.25) is 0 Å². The molecule has 7 heteroatoms. The first-order chi connectivity index (χ1) is 3.83. The van der Waals surface area contributed by atoms with Gasteiger partial charge in [0.2, 0.25) is 0 Å². The summed E-state index contributed by atoms with van der Waals surface area (Å²) in [5.74, 6) is 4.75. The lowest BCUT2D eigenvalue weighted by molar-refractivity contribution is -0.122. The first-order valence-corrected chi connectivity index (χ1v) is 3.60. The molecule has 0 fully saturated rings. The fourth-order valence-corrected chi connectivity index (χ4v) is 0.250. The van der Waals surface area contributed by atoms with Crippen molar-refractivity contribution in [3.05, 3.63) is 0 Å². The van der Waals surface area contributed by atoms with Gasteiger partial charge in [-0.15, -0.1) is 0 Å². The Morgan fingerprint density at radius 3 is 2.12 bits per heavy atom. The van der Waals surface area contributed by atoms with Crippen LogP contribution in [0, 0.1) is 0 Å². The zero-order valence-electron chi connectivity index (χ0n) is 3.90. The van der Waals surface area contributed by atoms with Crippen molar-refractivity contribution in [3.8, 4) is 0 Å². The molecule has 0 aromatic heterocycles. The van der Waals surface area contributed by atoms with Gasteiger partial charge in [0, 0.05) is 22.0 Å². The second-order valence-electron chi connectivity index (χ2n) is 0.403. The summed E-state index contributed by atoms with van der Waals surface area (Å²) in [6, 6.07) is 0. The third-order valence-corrected chi connectivity index (χ3v) is 0.866. The van der Waals surface area contributed by atoms with Gasteiger partial charge in [-0.2, -0.15) is 4.83 Å². The average molecular weight is 157 g/mol. The Morgan fingerprint density at radius 1 is 1.75 bits per heavy atom. The van der Waals surface area contributed by atoms with E-state index in [0.717, 1.165) is 11.0 Å². The number of hydrogen-bond donors (Lipinski definition) is 4. The molecule has 0 aliphatic rings. The van der Waals surface area contributed by atoms with Gasteiger partial charge in [-0.1, -0.05) is 0 Å². The SMILES string of the molecule is NNSSN.O=CO. The largest absolute Gasteiger partial charge is 0.483 e. The Bertz CT molecular complexity index is 42.3. The maximum absolute atomic E-state index is 8.36. The fraction of sp³-hybridized carbons (Fsp3) is 0. The molecule has 0 aromatic carbocycles. The van der Waals surface area contributed by atoms with Gasteiger partial charge in [0.05, 0.1) is 0 Å². The molecule has 50 valence electrons. The fourth-order valence-electron chi connectivity index (χ4n) is 0.0278. The number of hydrazine groups is 1. The maximum Gasteiger partial charge on any atom is 0.290 e. The van der Waals surface area contributed by atoms with Crippen LogP contribution in [-0.4, -0.2) is 11.6 Å². The van der Waals surface area contributed by atoms with Crippen molar-refractivity contribution in [3.63, 3.8) is 0 Å². The summed E-state index contributed by atoms with van der Waals surface area (Å²) < 4.78 is 0. The van der Waals surface area contributed by atoms with Crippen LogP contribution < -0.4 is 15.8 Å². The summed E-state index contributed by atoms with van der Waals surface area (Å²) in [7, 11) is 2.27. The van der Waals surface area contributed by atoms with E-state index in [4.69, 9.17) is 20.9 Å². The van der Waals surface area contributed by atoms with Crippen molar-refractivity contribution in [2.45, 2.75) is 0 Å². The van der Waals surface area contributed by atoms with Gasteiger partial charge < -0.3 is 5.11 Å². The molecule has 5 nitrogen and oxygen atoms in total. The molecule has 0 aromatic rings. The second-order valence-corrected chi connectivity index (χ2v) is 2.07. The number of carbonyl (C=O) groups is 1. The molecule has 0 aliphatic carbocycles. The van der Waals surface area contributed by atoms with Crippen LogP contribution in [0.5, 0.6) is 0 Å². The van der Waals surface area contributed by atoms with Crippen LogP contribution >= 0.6 is 22.0 Å². The highest BCUT2D eigenvalue weighted by molar-refractivity contribution is 8.75. The third-order valence-electron chi connectivity index (χ3n) is 0.0962. The molecule has 0 spiro atoms. The average Bonchev–Trinajstić information content (AvgIpc) is 1.71. The van der Waals surface area contributed by atoms with Gasteiger partial charge in [-0.3, -0.25) is 15.8 Å². The molecule has 0 saturated heterocycles. The monoisotopic (exact) mass is 157 g/mol. The minimum atomic E-state index is -0.250. The van der Waals surface area contributed by atoms with Gasteiger partial charge in [-0.05, 0) is 0 Å². The van der Waals surface area contributed by atoms with Crippen LogP contribution in [0.25, 0.3) is 0 Å². The number of rotatable bonds is 2. The number of carboxylic acid groups (broad SMARTS) is 1. The summed E-state index contributed by atoms with van der Waals surface area (Å²) in [5, 5.41) is 11.8. The lowest BCUT2D eigenvalue weighted by atomic mass is 11.7. The third kappa shape index (κ3) is 36.7. The molecule has 6 N–H and O–H groups in total. The number of nitrogens with two attached hydrogens (primary N) is 2. The van der Waals surface area contributed by atoms with Gasteiger partial charge in [0.1, 0.15) is 0 Å². The first-order valence-electron chi connectivity index (χ1n) is 1.39. The van der Waals surface area contributed by atoms with Crippen molar-refractivity contribution in [2.24, 2.45) is 11.0 Å². The highest BCUT2D eigenvalue weighted by Crippen LogP contribution is 2.02. The van der Waals surface area contributed by atoms with Crippen LogP contribution in [0.3, 0.4) is 0 Å².